The van der Waals surface area contributed by atoms with Crippen LogP contribution in [0.25, 0.3) is 44.5 Å². The molecule has 19 rings (SSSR count). The van der Waals surface area contributed by atoms with Gasteiger partial charge in [-0.3, -0.25) is 0 Å². The van der Waals surface area contributed by atoms with E-state index in [4.69, 9.17) is 0 Å². The third-order valence-corrected chi connectivity index (χ3v) is 22.2. The number of hydrogen-bond acceptors (Lipinski definition) is 6. The lowest BCUT2D eigenvalue weighted by Gasteiger charge is -2.44. The number of nitrogens with zero attached hydrogens (tertiary/aromatic N) is 4. The van der Waals surface area contributed by atoms with E-state index in [0.29, 0.717) is 0 Å². The van der Waals surface area contributed by atoms with Crippen LogP contribution in [0.1, 0.15) is 0 Å². The molecule has 4 nitrogen and oxygen atoms in total. The van der Waals surface area contributed by atoms with Gasteiger partial charge in [-0.15, -0.1) is 0 Å². The third-order valence-electron chi connectivity index (χ3n) is 19.9. The van der Waals surface area contributed by atoms with Gasteiger partial charge in [-0.2, -0.15) is 0 Å². The SMILES string of the molecule is c1ccc(-c2ccc(N(c3ccc(-c4ccccc4)cc3)c3cc4c5c(c3)N(c3ccccc3)c3ccccc3B5c3cc5c(cc3S4)N(c3c(-c4ccccc4)cccc3-c3ccccc3)c3cc(N(c4ccccc4)c4ccccc4)cc4c3B5c3ccccc3S4)cc2)cc1. The molecule has 0 saturated carbocycles. The lowest BCUT2D eigenvalue weighted by atomic mass is 9.31. The van der Waals surface area contributed by atoms with Crippen molar-refractivity contribution in [1.29, 1.82) is 0 Å². The molecule has 8 heteroatoms. The number of fused-ring (bicyclic) bond motifs is 8. The molecule has 0 N–H and O–H groups in total. The standard InChI is InChI=1S/C90H60B2N4S2/c1-8-27-61(28-9-1)63-47-51-70(52-48-63)94(71-53-49-64(50-54-71)62-29-10-2-11-30-62)72-55-82-88-87(58-72)98-85-60-81-78(59-79(85)91(88)76-43-22-24-45-80(76)95(82)69-39-20-7-21-40-69)92-77-44-23-25-46-84(77)97-86-57-73(93(67-35-16-5-17-36-67)68-37-18-6-19-38-68)56-83(89(86)92)96(81)90-74(65-31-12-3-13-32-65)41-26-42-75(90)66-33-14-4-15-34-66/h1-60H. The predicted molar refractivity (Wildman–Crippen MR) is 417 cm³/mol. The van der Waals surface area contributed by atoms with Crippen molar-refractivity contribution in [1.82, 2.24) is 0 Å². The summed E-state index contributed by atoms with van der Waals surface area (Å²) in [5, 5.41) is 0. The summed E-state index contributed by atoms with van der Waals surface area (Å²) in [6.45, 7) is -0.209. The molecule has 4 heterocycles. The summed E-state index contributed by atoms with van der Waals surface area (Å²) in [5.41, 5.74) is 30.6. The summed E-state index contributed by atoms with van der Waals surface area (Å²) in [6.07, 6.45) is 0. The maximum Gasteiger partial charge on any atom is 0.249 e. The summed E-state index contributed by atoms with van der Waals surface area (Å²) >= 11 is 3.82. The van der Waals surface area contributed by atoms with Gasteiger partial charge in [0.25, 0.3) is 0 Å². The Bertz CT molecular complexity index is 5340. The number of anilines is 12. The quantitative estimate of drug-likeness (QED) is 0.112. The van der Waals surface area contributed by atoms with Gasteiger partial charge < -0.3 is 19.6 Å². The molecule has 0 aliphatic carbocycles. The molecule has 0 aromatic heterocycles. The second kappa shape index (κ2) is 24.2. The molecule has 4 aliphatic rings. The van der Waals surface area contributed by atoms with Crippen LogP contribution in [0.5, 0.6) is 0 Å². The van der Waals surface area contributed by atoms with Crippen LogP contribution in [0, 0.1) is 0 Å². The summed E-state index contributed by atoms with van der Waals surface area (Å²) in [6, 6.07) is 135. The highest BCUT2D eigenvalue weighted by molar-refractivity contribution is 8.00. The van der Waals surface area contributed by atoms with Gasteiger partial charge in [0.15, 0.2) is 0 Å². The Morgan fingerprint density at radius 3 is 1.14 bits per heavy atom. The van der Waals surface area contributed by atoms with Crippen LogP contribution in [-0.4, -0.2) is 13.4 Å². The van der Waals surface area contributed by atoms with E-state index in [1.54, 1.807) is 0 Å². The van der Waals surface area contributed by atoms with Crippen LogP contribution < -0.4 is 52.4 Å². The van der Waals surface area contributed by atoms with Crippen molar-refractivity contribution < 1.29 is 0 Å². The summed E-state index contributed by atoms with van der Waals surface area (Å²) in [4.78, 5) is 15.1. The van der Waals surface area contributed by atoms with Crippen molar-refractivity contribution in [3.63, 3.8) is 0 Å². The smallest absolute Gasteiger partial charge is 0.249 e. The summed E-state index contributed by atoms with van der Waals surface area (Å²) in [7, 11) is 0. The van der Waals surface area contributed by atoms with Crippen molar-refractivity contribution in [2.24, 2.45) is 0 Å². The molecule has 98 heavy (non-hydrogen) atoms. The zero-order valence-electron chi connectivity index (χ0n) is 53.4. The monoisotopic (exact) mass is 1280 g/mol. The molecular formula is C90H60B2N4S2. The first-order chi connectivity index (χ1) is 48.6. The van der Waals surface area contributed by atoms with E-state index in [9.17, 15) is 0 Å². The summed E-state index contributed by atoms with van der Waals surface area (Å²) < 4.78 is 0. The third kappa shape index (κ3) is 9.81. The Hall–Kier alpha value is -11.7. The van der Waals surface area contributed by atoms with Crippen molar-refractivity contribution in [2.45, 2.75) is 19.6 Å². The zero-order chi connectivity index (χ0) is 64.6. The van der Waals surface area contributed by atoms with Crippen LogP contribution in [0.15, 0.2) is 384 Å². The minimum Gasteiger partial charge on any atom is -0.311 e. The Kier molecular flexibility index (Phi) is 14.3. The van der Waals surface area contributed by atoms with Gasteiger partial charge in [0.2, 0.25) is 13.4 Å². The average molecular weight is 1280 g/mol. The van der Waals surface area contributed by atoms with Gasteiger partial charge in [-0.1, -0.05) is 295 Å². The van der Waals surface area contributed by atoms with Crippen LogP contribution >= 0.6 is 23.5 Å². The molecule has 0 saturated heterocycles. The maximum absolute atomic E-state index is 2.69. The largest absolute Gasteiger partial charge is 0.311 e. The highest BCUT2D eigenvalue weighted by Gasteiger charge is 2.47. The second-order valence-electron chi connectivity index (χ2n) is 25.5. The fourth-order valence-corrected chi connectivity index (χ4v) is 18.0. The van der Waals surface area contributed by atoms with Crippen LogP contribution in [0.3, 0.4) is 0 Å². The van der Waals surface area contributed by atoms with Crippen molar-refractivity contribution in [3.8, 4) is 44.5 Å². The second-order valence-corrected chi connectivity index (χ2v) is 27.6. The number of benzene rings is 15. The van der Waals surface area contributed by atoms with Crippen LogP contribution in [-0.2, 0) is 0 Å². The first kappa shape index (κ1) is 57.7. The number of rotatable bonds is 12. The molecule has 0 radical (unpaired) electrons. The van der Waals surface area contributed by atoms with E-state index in [-0.39, 0.29) is 13.4 Å². The number of hydrogen-bond donors (Lipinski definition) is 0. The van der Waals surface area contributed by atoms with Gasteiger partial charge in [-0.05, 0) is 158 Å². The number of para-hydroxylation sites is 5. The van der Waals surface area contributed by atoms with E-state index in [2.05, 4.69) is 384 Å². The summed E-state index contributed by atoms with van der Waals surface area (Å²) in [5.74, 6) is 0. The fraction of sp³-hybridized carbons (Fsp3) is 0. The lowest BCUT2D eigenvalue weighted by Crippen LogP contribution is -2.64. The molecule has 0 bridgehead atoms. The molecule has 458 valence electrons. The zero-order valence-corrected chi connectivity index (χ0v) is 55.0. The van der Waals surface area contributed by atoms with Gasteiger partial charge in [0, 0.05) is 93.3 Å². The molecule has 15 aromatic carbocycles. The lowest BCUT2D eigenvalue weighted by molar-refractivity contribution is 1.22. The minimum atomic E-state index is -0.109. The molecule has 15 aromatic rings. The molecule has 4 aliphatic heterocycles. The molecule has 0 unspecified atom stereocenters. The highest BCUT2D eigenvalue weighted by atomic mass is 32.2. The van der Waals surface area contributed by atoms with Crippen molar-refractivity contribution in [2.75, 3.05) is 19.6 Å². The van der Waals surface area contributed by atoms with Gasteiger partial charge in [0.1, 0.15) is 0 Å². The average Bonchev–Trinajstić information content (AvgIpc) is 0.692. The van der Waals surface area contributed by atoms with E-state index in [1.807, 2.05) is 23.5 Å². The van der Waals surface area contributed by atoms with Gasteiger partial charge >= 0.3 is 0 Å². The van der Waals surface area contributed by atoms with Gasteiger partial charge in [0.05, 0.1) is 5.69 Å². The van der Waals surface area contributed by atoms with Crippen molar-refractivity contribution in [3.05, 3.63) is 364 Å². The Labute approximate surface area is 581 Å². The molecule has 0 atom stereocenters. The molecule has 0 amide bonds. The molecule has 0 spiro atoms. The van der Waals surface area contributed by atoms with E-state index in [1.165, 1.54) is 91.7 Å². The Morgan fingerprint density at radius 1 is 0.224 bits per heavy atom. The first-order valence-corrected chi connectivity index (χ1v) is 35.2. The fourth-order valence-electron chi connectivity index (χ4n) is 15.6. The first-order valence-electron chi connectivity index (χ1n) is 33.6. The highest BCUT2D eigenvalue weighted by Crippen LogP contribution is 2.53. The van der Waals surface area contributed by atoms with E-state index < -0.39 is 0 Å². The van der Waals surface area contributed by atoms with E-state index in [0.717, 1.165) is 73.4 Å². The topological polar surface area (TPSA) is 13.0 Å². The Balaban J connectivity index is 0.887. The van der Waals surface area contributed by atoms with Crippen LogP contribution in [0.2, 0.25) is 0 Å². The van der Waals surface area contributed by atoms with Gasteiger partial charge in [-0.25, -0.2) is 0 Å². The molecular weight excluding hydrogens is 1220 g/mol. The predicted octanol–water partition coefficient (Wildman–Crippen LogP) is 20.8. The van der Waals surface area contributed by atoms with Crippen LogP contribution in [0.4, 0.5) is 68.2 Å². The minimum absolute atomic E-state index is 0.1000. The van der Waals surface area contributed by atoms with Crippen molar-refractivity contribution >= 4 is 138 Å². The Morgan fingerprint density at radius 2 is 0.622 bits per heavy atom. The van der Waals surface area contributed by atoms with E-state index >= 15 is 0 Å². The maximum atomic E-state index is 2.69. The molecule has 0 fully saturated rings. The normalized spacial score (nSPS) is 12.7.